The fourth-order valence-corrected chi connectivity index (χ4v) is 1.66. The number of aromatic nitrogens is 3. The van der Waals surface area contributed by atoms with Gasteiger partial charge >= 0.3 is 12.1 Å². The summed E-state index contributed by atoms with van der Waals surface area (Å²) in [7, 11) is 0. The van der Waals surface area contributed by atoms with Crippen molar-refractivity contribution in [2.75, 3.05) is 6.61 Å². The van der Waals surface area contributed by atoms with E-state index in [1.165, 1.54) is 18.5 Å². The fraction of sp³-hybridized carbons (Fsp3) is 0.364. The molecule has 0 N–H and O–H groups in total. The molecule has 0 aliphatic carbocycles. The number of hydrogen-bond donors (Lipinski definition) is 0. The highest BCUT2D eigenvalue weighted by Crippen LogP contribution is 2.23. The van der Waals surface area contributed by atoms with Crippen LogP contribution in [-0.4, -0.2) is 33.5 Å². The first-order chi connectivity index (χ1) is 8.92. The van der Waals surface area contributed by atoms with Gasteiger partial charge < -0.3 is 4.74 Å². The number of rotatable bonds is 3. The molecule has 0 spiro atoms. The zero-order valence-corrected chi connectivity index (χ0v) is 9.94. The second-order valence-corrected chi connectivity index (χ2v) is 3.73. The van der Waals surface area contributed by atoms with Crippen LogP contribution in [0.3, 0.4) is 0 Å². The molecule has 8 heteroatoms. The number of nitrogens with zero attached hydrogens (tertiary/aromatic N) is 3. The monoisotopic (exact) mass is 273 g/mol. The van der Waals surface area contributed by atoms with Gasteiger partial charge in [-0.25, -0.2) is 4.79 Å². The molecule has 0 atom stereocenters. The molecule has 0 unspecified atom stereocenters. The Balaban J connectivity index is 2.51. The Labute approximate surface area is 106 Å². The van der Waals surface area contributed by atoms with Crippen molar-refractivity contribution in [3.05, 3.63) is 24.2 Å². The van der Waals surface area contributed by atoms with Gasteiger partial charge in [-0.05, 0) is 13.0 Å². The van der Waals surface area contributed by atoms with Gasteiger partial charge in [-0.2, -0.15) is 18.3 Å². The van der Waals surface area contributed by atoms with Crippen LogP contribution in [0.15, 0.2) is 18.5 Å². The number of carbonyl (C=O) groups is 1. The number of fused-ring (bicyclic) bond motifs is 1. The molecule has 102 valence electrons. The maximum absolute atomic E-state index is 12.4. The van der Waals surface area contributed by atoms with Crippen LogP contribution in [-0.2, 0) is 11.3 Å². The van der Waals surface area contributed by atoms with E-state index in [-0.39, 0.29) is 23.2 Å². The first-order valence-corrected chi connectivity index (χ1v) is 5.47. The lowest BCUT2D eigenvalue weighted by molar-refractivity contribution is -0.141. The first-order valence-electron chi connectivity index (χ1n) is 5.47. The molecule has 0 saturated heterocycles. The van der Waals surface area contributed by atoms with E-state index in [9.17, 15) is 18.0 Å². The van der Waals surface area contributed by atoms with E-state index >= 15 is 0 Å². The zero-order valence-electron chi connectivity index (χ0n) is 9.94. The van der Waals surface area contributed by atoms with Crippen molar-refractivity contribution in [3.8, 4) is 0 Å². The van der Waals surface area contributed by atoms with Gasteiger partial charge in [-0.15, -0.1) is 0 Å². The van der Waals surface area contributed by atoms with Crippen LogP contribution in [0.25, 0.3) is 10.9 Å². The van der Waals surface area contributed by atoms with E-state index in [1.54, 1.807) is 6.92 Å². The Bertz CT molecular complexity index is 607. The molecule has 0 aliphatic rings. The Hall–Kier alpha value is -2.12. The van der Waals surface area contributed by atoms with Crippen molar-refractivity contribution < 1.29 is 22.7 Å². The molecule has 2 aromatic rings. The minimum atomic E-state index is -4.43. The second-order valence-electron chi connectivity index (χ2n) is 3.73. The molecule has 0 aliphatic heterocycles. The third-order valence-corrected chi connectivity index (χ3v) is 2.35. The third-order valence-electron chi connectivity index (χ3n) is 2.35. The largest absolute Gasteiger partial charge is 0.461 e. The van der Waals surface area contributed by atoms with Gasteiger partial charge in [0.05, 0.1) is 18.3 Å². The lowest BCUT2D eigenvalue weighted by Gasteiger charge is -2.06. The Morgan fingerprint density at radius 1 is 1.47 bits per heavy atom. The van der Waals surface area contributed by atoms with Gasteiger partial charge in [0.1, 0.15) is 6.54 Å². The van der Waals surface area contributed by atoms with Gasteiger partial charge in [0, 0.05) is 11.6 Å². The van der Waals surface area contributed by atoms with E-state index in [1.807, 2.05) is 0 Å². The summed E-state index contributed by atoms with van der Waals surface area (Å²) in [6.45, 7) is 0.445. The average molecular weight is 273 g/mol. The van der Waals surface area contributed by atoms with Crippen molar-refractivity contribution in [2.24, 2.45) is 0 Å². The summed E-state index contributed by atoms with van der Waals surface area (Å²) in [6, 6.07) is 1.43. The molecule has 0 aromatic carbocycles. The van der Waals surface area contributed by atoms with Crippen LogP contribution in [0.5, 0.6) is 0 Å². The average Bonchev–Trinajstić information content (AvgIpc) is 2.67. The number of esters is 1. The van der Waals surface area contributed by atoms with Crippen LogP contribution in [0.4, 0.5) is 13.2 Å². The van der Waals surface area contributed by atoms with E-state index in [0.717, 1.165) is 0 Å². The Morgan fingerprint density at radius 3 is 2.84 bits per heavy atom. The van der Waals surface area contributed by atoms with Gasteiger partial charge in [-0.3, -0.25) is 9.67 Å². The SMILES string of the molecule is CCOC(=O)c1nn(CC(F)(F)F)c2cnccc12. The minimum Gasteiger partial charge on any atom is -0.461 e. The van der Waals surface area contributed by atoms with Gasteiger partial charge in [0.15, 0.2) is 5.69 Å². The number of alkyl halides is 3. The highest BCUT2D eigenvalue weighted by Gasteiger charge is 2.30. The van der Waals surface area contributed by atoms with Gasteiger partial charge in [-0.1, -0.05) is 0 Å². The summed E-state index contributed by atoms with van der Waals surface area (Å²) < 4.78 is 42.8. The molecule has 0 saturated carbocycles. The summed E-state index contributed by atoms with van der Waals surface area (Å²) in [5.74, 6) is -0.750. The summed E-state index contributed by atoms with van der Waals surface area (Å²) in [5, 5.41) is 3.96. The maximum Gasteiger partial charge on any atom is 0.408 e. The number of pyridine rings is 1. The molecule has 2 aromatic heterocycles. The molecule has 2 rings (SSSR count). The standard InChI is InChI=1S/C11H10F3N3O2/c1-2-19-10(18)9-7-3-4-15-5-8(7)17(16-9)6-11(12,13)14/h3-5H,2,6H2,1H3. The first kappa shape index (κ1) is 13.3. The molecule has 0 radical (unpaired) electrons. The van der Waals surface area contributed by atoms with Crippen molar-refractivity contribution in [1.29, 1.82) is 0 Å². The zero-order chi connectivity index (χ0) is 14.0. The number of halogens is 3. The van der Waals surface area contributed by atoms with Gasteiger partial charge in [0.2, 0.25) is 0 Å². The second kappa shape index (κ2) is 4.87. The normalized spacial score (nSPS) is 11.8. The summed E-state index contributed by atoms with van der Waals surface area (Å²) in [4.78, 5) is 15.4. The Kier molecular flexibility index (Phi) is 3.41. The van der Waals surface area contributed by atoms with Gasteiger partial charge in [0.25, 0.3) is 0 Å². The summed E-state index contributed by atoms with van der Waals surface area (Å²) >= 11 is 0. The lowest BCUT2D eigenvalue weighted by atomic mass is 10.2. The van der Waals surface area contributed by atoms with Crippen molar-refractivity contribution in [3.63, 3.8) is 0 Å². The van der Waals surface area contributed by atoms with Crippen LogP contribution >= 0.6 is 0 Å². The maximum atomic E-state index is 12.4. The predicted molar refractivity (Wildman–Crippen MR) is 59.5 cm³/mol. The van der Waals surface area contributed by atoms with E-state index in [2.05, 4.69) is 10.1 Å². The third kappa shape index (κ3) is 2.83. The number of ether oxygens (including phenoxy) is 1. The Morgan fingerprint density at radius 2 is 2.21 bits per heavy atom. The van der Waals surface area contributed by atoms with Crippen LogP contribution in [0.1, 0.15) is 17.4 Å². The molecule has 0 amide bonds. The molecular formula is C11H10F3N3O2. The van der Waals surface area contributed by atoms with Crippen molar-refractivity contribution >= 4 is 16.9 Å². The van der Waals surface area contributed by atoms with Crippen LogP contribution in [0, 0.1) is 0 Å². The molecule has 5 nitrogen and oxygen atoms in total. The molecule has 2 heterocycles. The number of carbonyl (C=O) groups excluding carboxylic acids is 1. The van der Waals surface area contributed by atoms with Crippen LogP contribution < -0.4 is 0 Å². The fourth-order valence-electron chi connectivity index (χ4n) is 1.66. The molecule has 19 heavy (non-hydrogen) atoms. The molecular weight excluding hydrogens is 263 g/mol. The molecule has 0 fully saturated rings. The van der Waals surface area contributed by atoms with E-state index in [0.29, 0.717) is 4.68 Å². The quantitative estimate of drug-likeness (QED) is 0.804. The van der Waals surface area contributed by atoms with E-state index < -0.39 is 18.7 Å². The number of hydrogen-bond acceptors (Lipinski definition) is 4. The topological polar surface area (TPSA) is 57.0 Å². The highest BCUT2D eigenvalue weighted by molar-refractivity contribution is 6.01. The minimum absolute atomic E-state index is 0.123. The van der Waals surface area contributed by atoms with E-state index in [4.69, 9.17) is 4.74 Å². The smallest absolute Gasteiger partial charge is 0.408 e. The summed E-state index contributed by atoms with van der Waals surface area (Å²) in [5.41, 5.74) is 0.00591. The lowest BCUT2D eigenvalue weighted by Crippen LogP contribution is -2.19. The highest BCUT2D eigenvalue weighted by atomic mass is 19.4. The predicted octanol–water partition coefficient (Wildman–Crippen LogP) is 2.17. The van der Waals surface area contributed by atoms with Crippen LogP contribution in [0.2, 0.25) is 0 Å². The molecule has 0 bridgehead atoms. The van der Waals surface area contributed by atoms with Crippen molar-refractivity contribution in [1.82, 2.24) is 14.8 Å². The van der Waals surface area contributed by atoms with Crippen molar-refractivity contribution in [2.45, 2.75) is 19.6 Å². The summed E-state index contributed by atoms with van der Waals surface area (Å²) in [6.07, 6.45) is -1.82.